The van der Waals surface area contributed by atoms with E-state index in [9.17, 15) is 4.79 Å². The summed E-state index contributed by atoms with van der Waals surface area (Å²) < 4.78 is 18.6. The number of aromatic nitrogens is 4. The van der Waals surface area contributed by atoms with Crippen LogP contribution in [0.3, 0.4) is 0 Å². The zero-order chi connectivity index (χ0) is 19.3. The van der Waals surface area contributed by atoms with Crippen LogP contribution in [-0.2, 0) is 0 Å². The Morgan fingerprint density at radius 3 is 2.96 bits per heavy atom. The van der Waals surface area contributed by atoms with Gasteiger partial charge in [0.1, 0.15) is 12.4 Å². The molecule has 1 aromatic carbocycles. The first kappa shape index (κ1) is 16.5. The zero-order valence-corrected chi connectivity index (χ0v) is 15.3. The van der Waals surface area contributed by atoms with Gasteiger partial charge in [-0.05, 0) is 19.1 Å². The summed E-state index contributed by atoms with van der Waals surface area (Å²) in [4.78, 5) is 22.8. The van der Waals surface area contributed by atoms with E-state index >= 15 is 0 Å². The molecule has 3 aromatic heterocycles. The number of furan rings is 1. The van der Waals surface area contributed by atoms with E-state index in [0.29, 0.717) is 36.1 Å². The highest BCUT2D eigenvalue weighted by Crippen LogP contribution is 2.30. The van der Waals surface area contributed by atoms with E-state index in [1.807, 2.05) is 19.1 Å². The summed E-state index contributed by atoms with van der Waals surface area (Å²) in [5, 5.41) is 4.95. The maximum absolute atomic E-state index is 12.7. The van der Waals surface area contributed by atoms with Crippen LogP contribution in [-0.4, -0.2) is 56.7 Å². The number of carbonyl (C=O) groups is 1. The number of rotatable bonds is 4. The number of carbonyl (C=O) groups excluding carboxylic acids is 1. The molecule has 4 aromatic rings. The van der Waals surface area contributed by atoms with Crippen LogP contribution in [0, 0.1) is 6.92 Å². The molecule has 28 heavy (non-hydrogen) atoms. The van der Waals surface area contributed by atoms with Gasteiger partial charge in [-0.3, -0.25) is 4.79 Å². The maximum Gasteiger partial charge on any atom is 0.289 e. The summed E-state index contributed by atoms with van der Waals surface area (Å²) in [6.07, 6.45) is 1.30. The molecule has 1 aliphatic heterocycles. The highest BCUT2D eigenvalue weighted by Gasteiger charge is 2.35. The minimum Gasteiger partial charge on any atom is -0.493 e. The Morgan fingerprint density at radius 2 is 2.14 bits per heavy atom. The molecule has 9 nitrogen and oxygen atoms in total. The Balaban J connectivity index is 1.30. The van der Waals surface area contributed by atoms with Gasteiger partial charge in [-0.1, -0.05) is 12.1 Å². The number of benzene rings is 1. The van der Waals surface area contributed by atoms with Crippen LogP contribution in [0.1, 0.15) is 16.2 Å². The van der Waals surface area contributed by atoms with E-state index in [4.69, 9.17) is 13.9 Å². The fourth-order valence-electron chi connectivity index (χ4n) is 3.29. The number of ether oxygens (including phenoxy) is 2. The second-order valence-electron chi connectivity index (χ2n) is 6.65. The van der Waals surface area contributed by atoms with Crippen molar-refractivity contribution in [2.24, 2.45) is 0 Å². The molecule has 1 aliphatic rings. The Kier molecular flexibility index (Phi) is 3.68. The summed E-state index contributed by atoms with van der Waals surface area (Å²) in [6.45, 7) is 2.79. The number of amides is 1. The molecule has 0 atom stereocenters. The predicted octanol–water partition coefficient (Wildman–Crippen LogP) is 2.09. The summed E-state index contributed by atoms with van der Waals surface area (Å²) in [5.41, 5.74) is 1.36. The van der Waals surface area contributed by atoms with Gasteiger partial charge in [0.05, 0.1) is 20.2 Å². The number of hydrogen-bond acceptors (Lipinski definition) is 7. The van der Waals surface area contributed by atoms with Gasteiger partial charge in [0, 0.05) is 17.1 Å². The molecule has 4 heterocycles. The molecular formula is C19H17N5O4. The molecule has 0 bridgehead atoms. The van der Waals surface area contributed by atoms with Gasteiger partial charge in [-0.2, -0.15) is 14.6 Å². The molecule has 1 saturated heterocycles. The predicted molar refractivity (Wildman–Crippen MR) is 98.6 cm³/mol. The normalized spacial score (nSPS) is 14.4. The molecule has 1 amide bonds. The van der Waals surface area contributed by atoms with Crippen molar-refractivity contribution in [2.75, 3.05) is 20.2 Å². The van der Waals surface area contributed by atoms with Gasteiger partial charge in [0.2, 0.25) is 5.88 Å². The van der Waals surface area contributed by atoms with Crippen molar-refractivity contribution < 1.29 is 18.7 Å². The van der Waals surface area contributed by atoms with Crippen LogP contribution < -0.4 is 9.47 Å². The molecule has 9 heteroatoms. The molecular weight excluding hydrogens is 362 g/mol. The van der Waals surface area contributed by atoms with Gasteiger partial charge in [-0.15, -0.1) is 0 Å². The van der Waals surface area contributed by atoms with Crippen molar-refractivity contribution in [3.8, 4) is 11.6 Å². The second-order valence-corrected chi connectivity index (χ2v) is 6.65. The first-order chi connectivity index (χ1) is 13.6. The highest BCUT2D eigenvalue weighted by atomic mass is 16.5. The lowest BCUT2D eigenvalue weighted by molar-refractivity contribution is 0.0130. The average molecular weight is 379 g/mol. The van der Waals surface area contributed by atoms with Crippen LogP contribution in [0.2, 0.25) is 0 Å². The number of hydrogen-bond donors (Lipinski definition) is 0. The average Bonchev–Trinajstić information content (AvgIpc) is 3.29. The van der Waals surface area contributed by atoms with Crippen LogP contribution in [0.15, 0.2) is 41.1 Å². The van der Waals surface area contributed by atoms with Crippen LogP contribution in [0.25, 0.3) is 16.7 Å². The van der Waals surface area contributed by atoms with Crippen molar-refractivity contribution >= 4 is 22.7 Å². The molecule has 0 aliphatic carbocycles. The van der Waals surface area contributed by atoms with Crippen molar-refractivity contribution in [3.05, 3.63) is 48.1 Å². The maximum atomic E-state index is 12.7. The molecule has 0 spiro atoms. The van der Waals surface area contributed by atoms with E-state index in [1.54, 1.807) is 34.7 Å². The number of likely N-dealkylation sites (tertiary alicyclic amines) is 1. The van der Waals surface area contributed by atoms with E-state index in [1.165, 1.54) is 6.33 Å². The summed E-state index contributed by atoms with van der Waals surface area (Å²) in [5.74, 6) is 1.77. The van der Waals surface area contributed by atoms with Crippen molar-refractivity contribution in [2.45, 2.75) is 13.0 Å². The Bertz CT molecular complexity index is 1190. The fourth-order valence-corrected chi connectivity index (χ4v) is 3.29. The lowest BCUT2D eigenvalue weighted by atomic mass is 10.1. The lowest BCUT2D eigenvalue weighted by Gasteiger charge is -2.38. The molecule has 0 N–H and O–H groups in total. The first-order valence-electron chi connectivity index (χ1n) is 8.82. The number of fused-ring (bicyclic) bond motifs is 2. The third kappa shape index (κ3) is 2.63. The van der Waals surface area contributed by atoms with Crippen LogP contribution >= 0.6 is 0 Å². The standard InChI is InChI=1S/C19H17N5O4/c1-11-6-16(24-19(22-11)20-10-21-24)27-13-8-23(9-13)18(25)15-7-12-4-3-5-14(26-2)17(12)28-15/h3-7,10,13H,8-9H2,1-2H3. The summed E-state index contributed by atoms with van der Waals surface area (Å²) in [6, 6.07) is 9.09. The van der Waals surface area contributed by atoms with Crippen molar-refractivity contribution in [1.29, 1.82) is 0 Å². The molecule has 1 fully saturated rings. The largest absolute Gasteiger partial charge is 0.493 e. The number of nitrogens with zero attached hydrogens (tertiary/aromatic N) is 5. The van der Waals surface area contributed by atoms with Crippen LogP contribution in [0.5, 0.6) is 11.6 Å². The minimum atomic E-state index is -0.171. The SMILES string of the molecule is COc1cccc2cc(C(=O)N3CC(Oc4cc(C)nc5ncnn45)C3)oc12. The monoisotopic (exact) mass is 379 g/mol. The molecule has 5 rings (SSSR count). The number of methoxy groups -OCH3 is 1. The van der Waals surface area contributed by atoms with Crippen molar-refractivity contribution in [1.82, 2.24) is 24.5 Å². The zero-order valence-electron chi connectivity index (χ0n) is 15.3. The third-order valence-corrected chi connectivity index (χ3v) is 4.71. The lowest BCUT2D eigenvalue weighted by Crippen LogP contribution is -2.56. The summed E-state index contributed by atoms with van der Waals surface area (Å²) in [7, 11) is 1.57. The summed E-state index contributed by atoms with van der Waals surface area (Å²) >= 11 is 0. The smallest absolute Gasteiger partial charge is 0.289 e. The molecule has 142 valence electrons. The Morgan fingerprint density at radius 1 is 1.29 bits per heavy atom. The van der Waals surface area contributed by atoms with Gasteiger partial charge in [0.15, 0.2) is 17.1 Å². The number of para-hydroxylation sites is 1. The Labute approximate surface area is 159 Å². The highest BCUT2D eigenvalue weighted by molar-refractivity contribution is 5.97. The van der Waals surface area contributed by atoms with E-state index in [-0.39, 0.29) is 17.8 Å². The first-order valence-corrected chi connectivity index (χ1v) is 8.82. The Hall–Kier alpha value is -3.62. The fraction of sp³-hybridized carbons (Fsp3) is 0.263. The second kappa shape index (κ2) is 6.22. The van der Waals surface area contributed by atoms with E-state index in [2.05, 4.69) is 15.1 Å². The number of aryl methyl sites for hydroxylation is 1. The molecule has 0 radical (unpaired) electrons. The topological polar surface area (TPSA) is 95.0 Å². The van der Waals surface area contributed by atoms with E-state index < -0.39 is 0 Å². The van der Waals surface area contributed by atoms with Gasteiger partial charge >= 0.3 is 0 Å². The van der Waals surface area contributed by atoms with Gasteiger partial charge < -0.3 is 18.8 Å². The molecule has 0 unspecified atom stereocenters. The van der Waals surface area contributed by atoms with Gasteiger partial charge in [0.25, 0.3) is 11.7 Å². The molecule has 0 saturated carbocycles. The third-order valence-electron chi connectivity index (χ3n) is 4.71. The van der Waals surface area contributed by atoms with Crippen LogP contribution in [0.4, 0.5) is 0 Å². The quantitative estimate of drug-likeness (QED) is 0.536. The van der Waals surface area contributed by atoms with E-state index in [0.717, 1.165) is 11.1 Å². The van der Waals surface area contributed by atoms with Gasteiger partial charge in [-0.25, -0.2) is 4.98 Å². The minimum absolute atomic E-state index is 0.128. The van der Waals surface area contributed by atoms with Crippen molar-refractivity contribution in [3.63, 3.8) is 0 Å².